The van der Waals surface area contributed by atoms with Gasteiger partial charge in [0.2, 0.25) is 0 Å². The number of rotatable bonds is 0. The fraction of sp³-hybridized carbons (Fsp3) is 0. The Kier molecular flexibility index (Phi) is 12.3. The standard InChI is InChI=1S/Ca.H3O4P.H2O/c;1-5(2,3)4;/h;(H3,1,2,3,4);1H2. The topological polar surface area (TPSA) is 109 Å². The summed E-state index contributed by atoms with van der Waals surface area (Å²) in [6.45, 7) is 0. The minimum atomic E-state index is -4.64. The van der Waals surface area contributed by atoms with Gasteiger partial charge in [-0.2, -0.15) is 0 Å². The van der Waals surface area contributed by atoms with Crippen molar-refractivity contribution in [3.63, 3.8) is 0 Å². The van der Waals surface area contributed by atoms with Gasteiger partial charge in [0.1, 0.15) is 0 Å². The molecule has 7 heteroatoms. The maximum absolute atomic E-state index is 8.88. The normalized spacial score (nSPS) is 8.43. The first-order valence-electron chi connectivity index (χ1n) is 0.783. The van der Waals surface area contributed by atoms with Crippen LogP contribution in [0.25, 0.3) is 0 Å². The fourth-order valence-electron chi connectivity index (χ4n) is 0. The molecule has 0 fully saturated rings. The molecule has 0 amide bonds. The molecule has 0 heterocycles. The average Bonchev–Trinajstić information content (AvgIpc) is 0.722. The smallest absolute Gasteiger partial charge is 0.412 e. The predicted octanol–water partition coefficient (Wildman–Crippen LogP) is -2.13. The van der Waals surface area contributed by atoms with Gasteiger partial charge in [0, 0.05) is 37.7 Å². The van der Waals surface area contributed by atoms with Gasteiger partial charge < -0.3 is 20.2 Å². The first kappa shape index (κ1) is 15.8. The van der Waals surface area contributed by atoms with Crippen molar-refractivity contribution in [2.45, 2.75) is 0 Å². The second kappa shape index (κ2) is 5.47. The first-order chi connectivity index (χ1) is 2.00. The summed E-state index contributed by atoms with van der Waals surface area (Å²) in [4.78, 5) is 21.6. The average molecular weight is 156 g/mol. The molecule has 0 rings (SSSR count). The van der Waals surface area contributed by atoms with Crippen LogP contribution in [0, 0.1) is 0 Å². The molecule has 0 bridgehead atoms. The van der Waals surface area contributed by atoms with Crippen LogP contribution in [-0.4, -0.2) is 57.9 Å². The van der Waals surface area contributed by atoms with E-state index in [0.29, 0.717) is 0 Å². The van der Waals surface area contributed by atoms with Crippen LogP contribution in [0.1, 0.15) is 0 Å². The molecule has 0 atom stereocenters. The van der Waals surface area contributed by atoms with Crippen LogP contribution >= 0.6 is 7.82 Å². The van der Waals surface area contributed by atoms with Crippen molar-refractivity contribution in [1.82, 2.24) is 0 Å². The van der Waals surface area contributed by atoms with Gasteiger partial charge in [0.15, 0.2) is 0 Å². The summed E-state index contributed by atoms with van der Waals surface area (Å²) in [5.74, 6) is 0. The number of hydrogen-bond donors (Lipinski definition) is 3. The molecule has 0 aliphatic carbocycles. The Balaban J connectivity index is -0.0000000800. The number of hydrogen-bond acceptors (Lipinski definition) is 1. The van der Waals surface area contributed by atoms with Gasteiger partial charge in [-0.15, -0.1) is 0 Å². The van der Waals surface area contributed by atoms with Crippen molar-refractivity contribution in [2.75, 3.05) is 0 Å². The van der Waals surface area contributed by atoms with Crippen LogP contribution in [0.4, 0.5) is 0 Å². The van der Waals surface area contributed by atoms with Gasteiger partial charge in [0.25, 0.3) is 0 Å². The molecular weight excluding hydrogens is 151 g/mol. The zero-order valence-electron chi connectivity index (χ0n) is 3.40. The summed E-state index contributed by atoms with van der Waals surface area (Å²) >= 11 is 0. The minimum absolute atomic E-state index is 0. The molecule has 0 aromatic rings. The maximum Gasteiger partial charge on any atom is 0.466 e. The van der Waals surface area contributed by atoms with E-state index in [-0.39, 0.29) is 43.2 Å². The van der Waals surface area contributed by atoms with Crippen LogP contribution in [0.15, 0.2) is 0 Å². The molecule has 7 heavy (non-hydrogen) atoms. The Morgan fingerprint density at radius 1 is 1.14 bits per heavy atom. The Bertz CT molecular complexity index is 54.2. The molecule has 0 saturated heterocycles. The summed E-state index contributed by atoms with van der Waals surface area (Å²) in [7, 11) is -4.64. The van der Waals surface area contributed by atoms with Gasteiger partial charge in [0.05, 0.1) is 0 Å². The Hall–Kier alpha value is 1.33. The zero-order valence-corrected chi connectivity index (χ0v) is 6.51. The molecule has 0 aliphatic rings. The summed E-state index contributed by atoms with van der Waals surface area (Å²) in [5, 5.41) is 0. The maximum atomic E-state index is 8.88. The molecule has 0 aliphatic heterocycles. The molecule has 0 aromatic heterocycles. The molecule has 42 valence electrons. The molecule has 2 radical (unpaired) electrons. The van der Waals surface area contributed by atoms with Crippen LogP contribution in [0.5, 0.6) is 0 Å². The van der Waals surface area contributed by atoms with Crippen LogP contribution < -0.4 is 0 Å². The van der Waals surface area contributed by atoms with E-state index >= 15 is 0 Å². The first-order valence-corrected chi connectivity index (χ1v) is 2.35. The zero-order chi connectivity index (χ0) is 4.50. The van der Waals surface area contributed by atoms with Crippen LogP contribution in [0.2, 0.25) is 0 Å². The largest absolute Gasteiger partial charge is 0.466 e. The predicted molar refractivity (Wildman–Crippen MR) is 23.6 cm³/mol. The van der Waals surface area contributed by atoms with Crippen molar-refractivity contribution in [1.29, 1.82) is 0 Å². The summed E-state index contributed by atoms with van der Waals surface area (Å²) in [5.41, 5.74) is 0. The van der Waals surface area contributed by atoms with Gasteiger partial charge >= 0.3 is 7.82 Å². The van der Waals surface area contributed by atoms with E-state index in [4.69, 9.17) is 19.2 Å². The molecule has 0 spiro atoms. The minimum Gasteiger partial charge on any atom is -0.412 e. The quantitative estimate of drug-likeness (QED) is 0.274. The van der Waals surface area contributed by atoms with Crippen molar-refractivity contribution in [2.24, 2.45) is 0 Å². The van der Waals surface area contributed by atoms with E-state index < -0.39 is 7.82 Å². The van der Waals surface area contributed by atoms with Crippen molar-refractivity contribution < 1.29 is 24.7 Å². The Morgan fingerprint density at radius 3 is 1.14 bits per heavy atom. The molecule has 0 saturated carbocycles. The third kappa shape index (κ3) is 118. The summed E-state index contributed by atoms with van der Waals surface area (Å²) in [6, 6.07) is 0. The van der Waals surface area contributed by atoms with E-state index in [0.717, 1.165) is 0 Å². The molecule has 5 nitrogen and oxygen atoms in total. The molecule has 0 unspecified atom stereocenters. The Morgan fingerprint density at radius 2 is 1.14 bits per heavy atom. The van der Waals surface area contributed by atoms with E-state index in [1.165, 1.54) is 0 Å². The van der Waals surface area contributed by atoms with E-state index in [1.807, 2.05) is 0 Å². The second-order valence-electron chi connectivity index (χ2n) is 0.513. The summed E-state index contributed by atoms with van der Waals surface area (Å²) < 4.78 is 8.88. The second-order valence-corrected chi connectivity index (χ2v) is 1.54. The number of phosphoric acid groups is 1. The van der Waals surface area contributed by atoms with Gasteiger partial charge in [-0.1, -0.05) is 0 Å². The van der Waals surface area contributed by atoms with Crippen molar-refractivity contribution in [3.05, 3.63) is 0 Å². The van der Waals surface area contributed by atoms with E-state index in [2.05, 4.69) is 0 Å². The monoisotopic (exact) mass is 156 g/mol. The van der Waals surface area contributed by atoms with Gasteiger partial charge in [-0.05, 0) is 0 Å². The molecule has 5 N–H and O–H groups in total. The van der Waals surface area contributed by atoms with E-state index in [1.54, 1.807) is 0 Å². The van der Waals surface area contributed by atoms with Crippen LogP contribution in [0.3, 0.4) is 0 Å². The third-order valence-electron chi connectivity index (χ3n) is 0. The van der Waals surface area contributed by atoms with Crippen LogP contribution in [-0.2, 0) is 4.57 Å². The molecular formula is H5CaO5P. The van der Waals surface area contributed by atoms with Gasteiger partial charge in [-0.25, -0.2) is 4.57 Å². The fourth-order valence-corrected chi connectivity index (χ4v) is 0. The van der Waals surface area contributed by atoms with Crippen molar-refractivity contribution >= 4 is 45.6 Å². The molecule has 0 aromatic carbocycles. The van der Waals surface area contributed by atoms with Crippen molar-refractivity contribution in [3.8, 4) is 0 Å². The van der Waals surface area contributed by atoms with E-state index in [9.17, 15) is 0 Å². The van der Waals surface area contributed by atoms with Gasteiger partial charge in [-0.3, -0.25) is 0 Å². The Labute approximate surface area is 69.9 Å². The SMILES string of the molecule is O.O=P(O)(O)O.[Ca]. The summed E-state index contributed by atoms with van der Waals surface area (Å²) in [6.07, 6.45) is 0. The third-order valence-corrected chi connectivity index (χ3v) is 0.